The number of hydrogen-bond acceptors (Lipinski definition) is 3. The van der Waals surface area contributed by atoms with Gasteiger partial charge < -0.3 is 9.47 Å². The number of amides is 1. The summed E-state index contributed by atoms with van der Waals surface area (Å²) in [6, 6.07) is 7.10. The number of ether oxygens (including phenoxy) is 2. The minimum Gasteiger partial charge on any atom is -0.497 e. The number of rotatable bonds is 5. The van der Waals surface area contributed by atoms with Crippen LogP contribution < -0.4 is 10.1 Å². The van der Waals surface area contributed by atoms with E-state index in [4.69, 9.17) is 9.47 Å². The summed E-state index contributed by atoms with van der Waals surface area (Å²) >= 11 is 0. The monoisotopic (exact) mass is 237 g/mol. The van der Waals surface area contributed by atoms with E-state index < -0.39 is 6.09 Å². The molecule has 0 bridgehead atoms. The summed E-state index contributed by atoms with van der Waals surface area (Å²) in [5, 5.41) is 2.66. The van der Waals surface area contributed by atoms with Gasteiger partial charge >= 0.3 is 6.09 Å². The van der Waals surface area contributed by atoms with E-state index in [1.165, 1.54) is 0 Å². The molecular weight excluding hydrogens is 218 g/mol. The van der Waals surface area contributed by atoms with Gasteiger partial charge in [0.25, 0.3) is 0 Å². The molecule has 1 aromatic rings. The van der Waals surface area contributed by atoms with Crippen LogP contribution in [0.1, 0.15) is 20.3 Å². The molecule has 17 heavy (non-hydrogen) atoms. The van der Waals surface area contributed by atoms with Gasteiger partial charge in [-0.1, -0.05) is 20.3 Å². The molecule has 0 aliphatic rings. The van der Waals surface area contributed by atoms with Gasteiger partial charge in [-0.05, 0) is 30.2 Å². The lowest BCUT2D eigenvalue weighted by Gasteiger charge is -2.10. The Morgan fingerprint density at radius 3 is 2.53 bits per heavy atom. The van der Waals surface area contributed by atoms with Crippen molar-refractivity contribution in [3.8, 4) is 5.75 Å². The topological polar surface area (TPSA) is 47.6 Å². The standard InChI is InChI=1S/C13H19NO3/c1-4-10(2)9-17-13(15)14-11-5-7-12(16-3)8-6-11/h5-8,10H,4,9H2,1-3H3,(H,14,15)/t10-/m1/s1. The fraction of sp³-hybridized carbons (Fsp3) is 0.462. The van der Waals surface area contributed by atoms with E-state index in [2.05, 4.69) is 12.2 Å². The summed E-state index contributed by atoms with van der Waals surface area (Å²) in [6.07, 6.45) is 0.575. The maximum Gasteiger partial charge on any atom is 0.411 e. The molecule has 0 spiro atoms. The smallest absolute Gasteiger partial charge is 0.411 e. The van der Waals surface area contributed by atoms with E-state index >= 15 is 0 Å². The Hall–Kier alpha value is -1.71. The molecule has 0 fully saturated rings. The van der Waals surface area contributed by atoms with Crippen LogP contribution in [0.2, 0.25) is 0 Å². The predicted molar refractivity (Wildman–Crippen MR) is 67.4 cm³/mol. The summed E-state index contributed by atoms with van der Waals surface area (Å²) in [4.78, 5) is 11.4. The van der Waals surface area contributed by atoms with Crippen molar-refractivity contribution in [1.82, 2.24) is 0 Å². The van der Waals surface area contributed by atoms with Crippen molar-refractivity contribution in [3.63, 3.8) is 0 Å². The lowest BCUT2D eigenvalue weighted by Crippen LogP contribution is -2.17. The van der Waals surface area contributed by atoms with Gasteiger partial charge in [-0.3, -0.25) is 5.32 Å². The van der Waals surface area contributed by atoms with E-state index in [0.717, 1.165) is 12.2 Å². The largest absolute Gasteiger partial charge is 0.497 e. The van der Waals surface area contributed by atoms with Crippen LogP contribution in [0.15, 0.2) is 24.3 Å². The first kappa shape index (κ1) is 13.4. The van der Waals surface area contributed by atoms with E-state index in [1.54, 1.807) is 31.4 Å². The van der Waals surface area contributed by atoms with Gasteiger partial charge in [-0.2, -0.15) is 0 Å². The van der Waals surface area contributed by atoms with Crippen LogP contribution in [0.5, 0.6) is 5.75 Å². The third kappa shape index (κ3) is 4.76. The lowest BCUT2D eigenvalue weighted by atomic mass is 10.1. The fourth-order valence-corrected chi connectivity index (χ4v) is 1.16. The molecule has 0 unspecified atom stereocenters. The van der Waals surface area contributed by atoms with Gasteiger partial charge in [0.05, 0.1) is 13.7 Å². The van der Waals surface area contributed by atoms with Crippen molar-refractivity contribution < 1.29 is 14.3 Å². The second-order valence-corrected chi connectivity index (χ2v) is 3.97. The van der Waals surface area contributed by atoms with E-state index in [0.29, 0.717) is 18.2 Å². The second kappa shape index (κ2) is 6.78. The number of anilines is 1. The Kier molecular flexibility index (Phi) is 5.33. The van der Waals surface area contributed by atoms with Crippen LogP contribution >= 0.6 is 0 Å². The van der Waals surface area contributed by atoms with Crippen LogP contribution in [-0.4, -0.2) is 19.8 Å². The van der Waals surface area contributed by atoms with Crippen LogP contribution in [0.4, 0.5) is 10.5 Å². The zero-order valence-electron chi connectivity index (χ0n) is 10.5. The van der Waals surface area contributed by atoms with Crippen molar-refractivity contribution in [2.24, 2.45) is 5.92 Å². The van der Waals surface area contributed by atoms with Gasteiger partial charge in [-0.15, -0.1) is 0 Å². The van der Waals surface area contributed by atoms with E-state index in [-0.39, 0.29) is 0 Å². The Morgan fingerprint density at radius 2 is 2.00 bits per heavy atom. The summed E-state index contributed by atoms with van der Waals surface area (Å²) in [5.41, 5.74) is 0.694. The first-order chi connectivity index (χ1) is 8.15. The molecule has 1 aromatic carbocycles. The minimum absolute atomic E-state index is 0.386. The zero-order chi connectivity index (χ0) is 12.7. The highest BCUT2D eigenvalue weighted by atomic mass is 16.5. The van der Waals surface area contributed by atoms with Gasteiger partial charge in [-0.25, -0.2) is 4.79 Å². The summed E-state index contributed by atoms with van der Waals surface area (Å²) in [6.45, 7) is 4.55. The van der Waals surface area contributed by atoms with Crippen molar-refractivity contribution in [1.29, 1.82) is 0 Å². The molecule has 4 heteroatoms. The molecular formula is C13H19NO3. The fourth-order valence-electron chi connectivity index (χ4n) is 1.16. The predicted octanol–water partition coefficient (Wildman–Crippen LogP) is 3.29. The lowest BCUT2D eigenvalue weighted by molar-refractivity contribution is 0.143. The van der Waals surface area contributed by atoms with Gasteiger partial charge in [0.15, 0.2) is 0 Å². The second-order valence-electron chi connectivity index (χ2n) is 3.97. The van der Waals surface area contributed by atoms with Crippen LogP contribution in [0.25, 0.3) is 0 Å². The molecule has 0 aliphatic heterocycles. The molecule has 0 saturated carbocycles. The van der Waals surface area contributed by atoms with Crippen molar-refractivity contribution in [2.75, 3.05) is 19.0 Å². The molecule has 0 heterocycles. The highest BCUT2D eigenvalue weighted by Gasteiger charge is 2.05. The van der Waals surface area contributed by atoms with Crippen LogP contribution in [0, 0.1) is 5.92 Å². The van der Waals surface area contributed by atoms with Crippen molar-refractivity contribution >= 4 is 11.8 Å². The molecule has 1 amide bonds. The molecule has 0 saturated heterocycles. The number of hydrogen-bond donors (Lipinski definition) is 1. The SMILES string of the molecule is CC[C@@H](C)COC(=O)Nc1ccc(OC)cc1. The average molecular weight is 237 g/mol. The zero-order valence-corrected chi connectivity index (χ0v) is 10.5. The molecule has 0 aromatic heterocycles. The molecule has 94 valence electrons. The average Bonchev–Trinajstić information content (AvgIpc) is 2.36. The highest BCUT2D eigenvalue weighted by molar-refractivity contribution is 5.84. The van der Waals surface area contributed by atoms with Gasteiger partial charge in [0.2, 0.25) is 0 Å². The molecule has 1 rings (SSSR count). The molecule has 0 radical (unpaired) electrons. The normalized spacial score (nSPS) is 11.7. The summed E-state index contributed by atoms with van der Waals surface area (Å²) in [7, 11) is 1.60. The van der Waals surface area contributed by atoms with Crippen molar-refractivity contribution in [3.05, 3.63) is 24.3 Å². The number of methoxy groups -OCH3 is 1. The Labute approximate surface area is 102 Å². The first-order valence-corrected chi connectivity index (χ1v) is 5.73. The summed E-state index contributed by atoms with van der Waals surface area (Å²) < 4.78 is 10.1. The summed E-state index contributed by atoms with van der Waals surface area (Å²) in [5.74, 6) is 1.14. The Morgan fingerprint density at radius 1 is 1.35 bits per heavy atom. The Bertz CT molecular complexity index is 348. The first-order valence-electron chi connectivity index (χ1n) is 5.73. The van der Waals surface area contributed by atoms with Crippen molar-refractivity contribution in [2.45, 2.75) is 20.3 Å². The number of carbonyl (C=O) groups is 1. The minimum atomic E-state index is -0.421. The number of carbonyl (C=O) groups excluding carboxylic acids is 1. The highest BCUT2D eigenvalue weighted by Crippen LogP contribution is 2.15. The molecule has 4 nitrogen and oxygen atoms in total. The van der Waals surface area contributed by atoms with Gasteiger partial charge in [0, 0.05) is 5.69 Å². The van der Waals surface area contributed by atoms with Crippen LogP contribution in [-0.2, 0) is 4.74 Å². The maximum atomic E-state index is 11.4. The molecule has 0 aliphatic carbocycles. The maximum absolute atomic E-state index is 11.4. The number of benzene rings is 1. The third-order valence-electron chi connectivity index (χ3n) is 2.53. The quantitative estimate of drug-likeness (QED) is 0.854. The third-order valence-corrected chi connectivity index (χ3v) is 2.53. The van der Waals surface area contributed by atoms with Gasteiger partial charge in [0.1, 0.15) is 5.75 Å². The Balaban J connectivity index is 2.39. The number of nitrogens with one attached hydrogen (secondary N) is 1. The van der Waals surface area contributed by atoms with E-state index in [1.807, 2.05) is 6.92 Å². The van der Waals surface area contributed by atoms with E-state index in [9.17, 15) is 4.79 Å². The van der Waals surface area contributed by atoms with Crippen LogP contribution in [0.3, 0.4) is 0 Å². The molecule has 1 atom stereocenters. The molecule has 1 N–H and O–H groups in total.